The minimum atomic E-state index is -0.919. The van der Waals surface area contributed by atoms with Crippen LogP contribution in [0.2, 0.25) is 0 Å². The molecule has 1 unspecified atom stereocenters. The Morgan fingerprint density at radius 3 is 2.46 bits per heavy atom. The number of ether oxygens (including phenoxy) is 1. The van der Waals surface area contributed by atoms with Gasteiger partial charge in [0.25, 0.3) is 5.91 Å². The molecule has 0 saturated heterocycles. The lowest BCUT2D eigenvalue weighted by Gasteiger charge is -2.25. The number of aliphatic hydroxyl groups excluding tert-OH is 1. The Labute approximate surface area is 215 Å². The van der Waals surface area contributed by atoms with E-state index in [0.717, 1.165) is 16.7 Å². The Morgan fingerprint density at radius 1 is 0.973 bits per heavy atom. The summed E-state index contributed by atoms with van der Waals surface area (Å²) in [7, 11) is 0. The molecule has 1 amide bonds. The third kappa shape index (κ3) is 5.85. The molecule has 0 aliphatic rings. The highest BCUT2D eigenvalue weighted by Crippen LogP contribution is 2.23. The molecule has 0 aliphatic heterocycles. The second kappa shape index (κ2) is 11.1. The number of aromatic nitrogens is 3. The molecular weight excluding hydrogens is 464 g/mol. The van der Waals surface area contributed by atoms with E-state index in [1.807, 2.05) is 98.0 Å². The fourth-order valence-electron chi connectivity index (χ4n) is 4.18. The van der Waals surface area contributed by atoms with Crippen molar-refractivity contribution in [3.05, 3.63) is 132 Å². The molecule has 0 radical (unpaired) electrons. The van der Waals surface area contributed by atoms with Gasteiger partial charge in [0.15, 0.2) is 11.3 Å². The number of benzene rings is 3. The van der Waals surface area contributed by atoms with Crippen LogP contribution in [0.1, 0.15) is 38.8 Å². The lowest BCUT2D eigenvalue weighted by Crippen LogP contribution is -2.34. The first kappa shape index (κ1) is 24.2. The van der Waals surface area contributed by atoms with Gasteiger partial charge < -0.3 is 14.7 Å². The van der Waals surface area contributed by atoms with E-state index < -0.39 is 6.10 Å². The molecule has 186 valence electrons. The van der Waals surface area contributed by atoms with Gasteiger partial charge in [-0.2, -0.15) is 0 Å². The number of imidazole rings is 1. The molecule has 0 aliphatic carbocycles. The molecule has 7 nitrogen and oxygen atoms in total. The Balaban J connectivity index is 1.37. The number of hydrogen-bond donors (Lipinski definition) is 1. The van der Waals surface area contributed by atoms with Crippen LogP contribution in [0, 0.1) is 6.92 Å². The van der Waals surface area contributed by atoms with Gasteiger partial charge in [0.05, 0.1) is 12.6 Å². The van der Waals surface area contributed by atoms with E-state index in [1.165, 1.54) is 0 Å². The maximum Gasteiger partial charge on any atom is 0.276 e. The zero-order valence-corrected chi connectivity index (χ0v) is 20.6. The molecule has 5 rings (SSSR count). The van der Waals surface area contributed by atoms with Crippen LogP contribution in [0.4, 0.5) is 0 Å². The molecule has 2 aromatic heterocycles. The van der Waals surface area contributed by atoms with E-state index in [2.05, 4.69) is 9.97 Å². The zero-order valence-electron chi connectivity index (χ0n) is 20.6. The number of aryl methyl sites for hydroxylation is 1. The van der Waals surface area contributed by atoms with Crippen LogP contribution in [-0.2, 0) is 13.2 Å². The maximum atomic E-state index is 13.7. The molecule has 0 fully saturated rings. The fourth-order valence-corrected chi connectivity index (χ4v) is 4.18. The average molecular weight is 493 g/mol. The van der Waals surface area contributed by atoms with Crippen LogP contribution in [0.15, 0.2) is 104 Å². The molecule has 5 aromatic rings. The number of carbonyl (C=O) groups excluding carboxylic acids is 1. The fraction of sp³-hybridized carbons (Fsp3) is 0.167. The first-order valence-electron chi connectivity index (χ1n) is 12.1. The first-order valence-corrected chi connectivity index (χ1v) is 12.1. The molecule has 7 heteroatoms. The van der Waals surface area contributed by atoms with Crippen molar-refractivity contribution in [1.82, 2.24) is 19.3 Å². The van der Waals surface area contributed by atoms with Crippen LogP contribution < -0.4 is 4.74 Å². The highest BCUT2D eigenvalue weighted by atomic mass is 16.5. The summed E-state index contributed by atoms with van der Waals surface area (Å²) in [5.74, 6) is 0.360. The predicted octanol–water partition coefficient (Wildman–Crippen LogP) is 4.99. The Bertz CT molecular complexity index is 1490. The normalized spacial score (nSPS) is 11.8. The minimum absolute atomic E-state index is 0.0841. The monoisotopic (exact) mass is 492 g/mol. The zero-order chi connectivity index (χ0) is 25.6. The van der Waals surface area contributed by atoms with E-state index in [-0.39, 0.29) is 18.1 Å². The molecule has 3 aromatic carbocycles. The second-order valence-electron chi connectivity index (χ2n) is 8.99. The van der Waals surface area contributed by atoms with E-state index in [1.54, 1.807) is 21.8 Å². The van der Waals surface area contributed by atoms with Gasteiger partial charge in [0.2, 0.25) is 0 Å². The molecule has 1 N–H and O–H groups in total. The van der Waals surface area contributed by atoms with Gasteiger partial charge in [0.1, 0.15) is 18.7 Å². The lowest BCUT2D eigenvalue weighted by molar-refractivity contribution is 0.0600. The van der Waals surface area contributed by atoms with Crippen LogP contribution in [0.5, 0.6) is 5.75 Å². The Morgan fingerprint density at radius 2 is 1.70 bits per heavy atom. The Hall–Kier alpha value is -4.49. The van der Waals surface area contributed by atoms with Gasteiger partial charge in [-0.15, -0.1) is 0 Å². The molecular formula is C30H28N4O3. The van der Waals surface area contributed by atoms with Gasteiger partial charge in [-0.3, -0.25) is 9.20 Å². The number of hydrogen-bond acceptors (Lipinski definition) is 5. The predicted molar refractivity (Wildman–Crippen MR) is 141 cm³/mol. The third-order valence-corrected chi connectivity index (χ3v) is 6.09. The van der Waals surface area contributed by atoms with Gasteiger partial charge in [0, 0.05) is 18.9 Å². The minimum Gasteiger partial charge on any atom is -0.489 e. The SMILES string of the molecule is Cc1cnc2c(C(=O)N(Cc3ccccc3)CC(O)c3cccc(OCc4ccccc4)c3)ncn2c1. The van der Waals surface area contributed by atoms with Gasteiger partial charge in [-0.05, 0) is 41.3 Å². The highest BCUT2D eigenvalue weighted by molar-refractivity contribution is 5.98. The summed E-state index contributed by atoms with van der Waals surface area (Å²) >= 11 is 0. The first-order chi connectivity index (χ1) is 18.1. The largest absolute Gasteiger partial charge is 0.489 e. The summed E-state index contributed by atoms with van der Waals surface area (Å²) in [6, 6.07) is 27.0. The van der Waals surface area contributed by atoms with E-state index >= 15 is 0 Å². The summed E-state index contributed by atoms with van der Waals surface area (Å²) in [5.41, 5.74) is 4.39. The quantitative estimate of drug-likeness (QED) is 0.314. The molecule has 2 heterocycles. The third-order valence-electron chi connectivity index (χ3n) is 6.09. The smallest absolute Gasteiger partial charge is 0.276 e. The van der Waals surface area contributed by atoms with Crippen molar-refractivity contribution in [2.24, 2.45) is 0 Å². The number of nitrogens with zero attached hydrogens (tertiary/aromatic N) is 4. The van der Waals surface area contributed by atoms with Crippen molar-refractivity contribution >= 4 is 11.6 Å². The highest BCUT2D eigenvalue weighted by Gasteiger charge is 2.25. The molecule has 0 bridgehead atoms. The van der Waals surface area contributed by atoms with Crippen LogP contribution in [0.3, 0.4) is 0 Å². The summed E-state index contributed by atoms with van der Waals surface area (Å²) in [4.78, 5) is 24.1. The standard InChI is InChI=1S/C30H28N4O3/c1-22-16-31-29-28(32-21-34(29)17-22)30(36)33(18-23-9-4-2-5-10-23)19-27(35)25-13-8-14-26(15-25)37-20-24-11-6-3-7-12-24/h2-17,21,27,35H,18-20H2,1H3. The van der Waals surface area contributed by atoms with Crippen molar-refractivity contribution in [3.8, 4) is 5.75 Å². The maximum absolute atomic E-state index is 13.7. The van der Waals surface area contributed by atoms with Crippen molar-refractivity contribution in [1.29, 1.82) is 0 Å². The summed E-state index contributed by atoms with van der Waals surface area (Å²) in [5, 5.41) is 11.2. The average Bonchev–Trinajstić information content (AvgIpc) is 3.35. The van der Waals surface area contributed by atoms with E-state index in [4.69, 9.17) is 4.74 Å². The molecule has 0 saturated carbocycles. The molecule has 0 spiro atoms. The van der Waals surface area contributed by atoms with Crippen molar-refractivity contribution < 1.29 is 14.6 Å². The number of carbonyl (C=O) groups is 1. The number of aliphatic hydroxyl groups is 1. The number of amides is 1. The van der Waals surface area contributed by atoms with Crippen molar-refractivity contribution in [2.75, 3.05) is 6.54 Å². The Kier molecular flexibility index (Phi) is 7.23. The van der Waals surface area contributed by atoms with Crippen LogP contribution >= 0.6 is 0 Å². The van der Waals surface area contributed by atoms with Crippen LogP contribution in [-0.4, -0.2) is 36.8 Å². The summed E-state index contributed by atoms with van der Waals surface area (Å²) < 4.78 is 7.68. The molecule has 37 heavy (non-hydrogen) atoms. The summed E-state index contributed by atoms with van der Waals surface area (Å²) in [6.45, 7) is 2.77. The van der Waals surface area contributed by atoms with E-state index in [0.29, 0.717) is 30.1 Å². The van der Waals surface area contributed by atoms with Crippen molar-refractivity contribution in [3.63, 3.8) is 0 Å². The topological polar surface area (TPSA) is 80.0 Å². The van der Waals surface area contributed by atoms with E-state index in [9.17, 15) is 9.90 Å². The van der Waals surface area contributed by atoms with Crippen LogP contribution in [0.25, 0.3) is 5.65 Å². The van der Waals surface area contributed by atoms with Gasteiger partial charge in [-0.25, -0.2) is 9.97 Å². The summed E-state index contributed by atoms with van der Waals surface area (Å²) in [6.07, 6.45) is 4.26. The second-order valence-corrected chi connectivity index (χ2v) is 8.99. The number of fused-ring (bicyclic) bond motifs is 1. The van der Waals surface area contributed by atoms with Crippen molar-refractivity contribution in [2.45, 2.75) is 26.2 Å². The number of rotatable bonds is 9. The lowest BCUT2D eigenvalue weighted by atomic mass is 10.1. The van der Waals surface area contributed by atoms with Gasteiger partial charge >= 0.3 is 0 Å². The molecule has 1 atom stereocenters. The van der Waals surface area contributed by atoms with Gasteiger partial charge in [-0.1, -0.05) is 72.8 Å².